The Morgan fingerprint density at radius 3 is 2.60 bits per heavy atom. The number of methoxy groups -OCH3 is 3. The van der Waals surface area contributed by atoms with Gasteiger partial charge in [0, 0.05) is 24.8 Å². The summed E-state index contributed by atoms with van der Waals surface area (Å²) in [4.78, 5) is 39.9. The standard InChI is InChI=1S/C21H21NO8/c1-27-10-13-8-17(23)19(25)20(30-13)14(9-18(24)29-3)15-6-11-4-5-12(28-2)7-16(11)22-21(15)26/h4-8,14,25H,9-10H2,1-3H3,(H,22,26). The molecule has 3 aromatic rings. The van der Waals surface area contributed by atoms with Gasteiger partial charge in [-0.1, -0.05) is 0 Å². The molecule has 9 nitrogen and oxygen atoms in total. The third kappa shape index (κ3) is 4.20. The third-order valence-corrected chi connectivity index (χ3v) is 4.66. The summed E-state index contributed by atoms with van der Waals surface area (Å²) in [6, 6.07) is 7.78. The van der Waals surface area contributed by atoms with Crippen molar-refractivity contribution in [1.82, 2.24) is 4.98 Å². The van der Waals surface area contributed by atoms with E-state index < -0.39 is 28.6 Å². The van der Waals surface area contributed by atoms with Gasteiger partial charge in [-0.2, -0.15) is 0 Å². The second-order valence-corrected chi connectivity index (χ2v) is 6.56. The first-order valence-corrected chi connectivity index (χ1v) is 9.00. The molecule has 0 spiro atoms. The van der Waals surface area contributed by atoms with Crippen molar-refractivity contribution >= 4 is 16.9 Å². The SMILES string of the molecule is COCc1cc(=O)c(O)c(C(CC(=O)OC)c2cc3ccc(OC)cc3[nH]c2=O)o1. The van der Waals surface area contributed by atoms with Crippen LogP contribution in [-0.2, 0) is 20.9 Å². The van der Waals surface area contributed by atoms with Gasteiger partial charge in [0.1, 0.15) is 18.1 Å². The highest BCUT2D eigenvalue weighted by Gasteiger charge is 2.29. The zero-order valence-electron chi connectivity index (χ0n) is 16.7. The third-order valence-electron chi connectivity index (χ3n) is 4.66. The Bertz CT molecular complexity index is 1190. The van der Waals surface area contributed by atoms with Crippen LogP contribution in [0, 0.1) is 0 Å². The molecule has 0 amide bonds. The fourth-order valence-electron chi connectivity index (χ4n) is 3.18. The van der Waals surface area contributed by atoms with Crippen molar-refractivity contribution in [1.29, 1.82) is 0 Å². The van der Waals surface area contributed by atoms with E-state index in [4.69, 9.17) is 18.6 Å². The molecule has 3 rings (SSSR count). The molecule has 2 aromatic heterocycles. The van der Waals surface area contributed by atoms with Gasteiger partial charge in [0.25, 0.3) is 5.56 Å². The number of aromatic hydroxyl groups is 1. The van der Waals surface area contributed by atoms with Gasteiger partial charge < -0.3 is 28.7 Å². The van der Waals surface area contributed by atoms with Crippen LogP contribution in [0.1, 0.15) is 29.4 Å². The molecular formula is C21H21NO8. The van der Waals surface area contributed by atoms with Crippen LogP contribution >= 0.6 is 0 Å². The maximum atomic E-state index is 12.8. The highest BCUT2D eigenvalue weighted by atomic mass is 16.5. The fourth-order valence-corrected chi connectivity index (χ4v) is 3.18. The maximum Gasteiger partial charge on any atom is 0.306 e. The zero-order chi connectivity index (χ0) is 21.8. The molecule has 1 atom stereocenters. The summed E-state index contributed by atoms with van der Waals surface area (Å²) in [5, 5.41) is 11.0. The van der Waals surface area contributed by atoms with Crippen LogP contribution in [0.3, 0.4) is 0 Å². The van der Waals surface area contributed by atoms with Gasteiger partial charge >= 0.3 is 5.97 Å². The largest absolute Gasteiger partial charge is 0.502 e. The summed E-state index contributed by atoms with van der Waals surface area (Å²) in [5.74, 6) is -1.89. The van der Waals surface area contributed by atoms with E-state index in [0.29, 0.717) is 16.7 Å². The molecule has 0 bridgehead atoms. The Balaban J connectivity index is 2.23. The number of hydrogen-bond donors (Lipinski definition) is 2. The first-order valence-electron chi connectivity index (χ1n) is 9.00. The van der Waals surface area contributed by atoms with E-state index in [2.05, 4.69) is 4.98 Å². The number of H-pyrrole nitrogens is 1. The fraction of sp³-hybridized carbons (Fsp3) is 0.286. The van der Waals surface area contributed by atoms with Crippen molar-refractivity contribution in [3.8, 4) is 11.5 Å². The van der Waals surface area contributed by atoms with Crippen molar-refractivity contribution < 1.29 is 28.5 Å². The number of benzene rings is 1. The van der Waals surface area contributed by atoms with Crippen molar-refractivity contribution in [2.75, 3.05) is 21.3 Å². The molecule has 2 N–H and O–H groups in total. The predicted molar refractivity (Wildman–Crippen MR) is 107 cm³/mol. The molecule has 0 fully saturated rings. The van der Waals surface area contributed by atoms with Crippen LogP contribution < -0.4 is 15.7 Å². The molecule has 158 valence electrons. The number of rotatable bonds is 7. The van der Waals surface area contributed by atoms with E-state index in [0.717, 1.165) is 6.07 Å². The molecule has 0 radical (unpaired) electrons. The summed E-state index contributed by atoms with van der Waals surface area (Å²) in [5.41, 5.74) is -0.561. The van der Waals surface area contributed by atoms with Gasteiger partial charge in [0.15, 0.2) is 5.76 Å². The lowest BCUT2D eigenvalue weighted by Crippen LogP contribution is -2.21. The Morgan fingerprint density at radius 2 is 1.93 bits per heavy atom. The van der Waals surface area contributed by atoms with Gasteiger partial charge in [-0.25, -0.2) is 0 Å². The minimum Gasteiger partial charge on any atom is -0.502 e. The van der Waals surface area contributed by atoms with E-state index in [1.807, 2.05) is 0 Å². The van der Waals surface area contributed by atoms with Crippen LogP contribution in [-0.4, -0.2) is 37.4 Å². The summed E-state index contributed by atoms with van der Waals surface area (Å²) >= 11 is 0. The summed E-state index contributed by atoms with van der Waals surface area (Å²) in [7, 11) is 4.13. The van der Waals surface area contributed by atoms with Crippen LogP contribution in [0.2, 0.25) is 0 Å². The highest BCUT2D eigenvalue weighted by molar-refractivity contribution is 5.81. The molecule has 2 heterocycles. The zero-order valence-corrected chi connectivity index (χ0v) is 16.7. The molecular weight excluding hydrogens is 394 g/mol. The van der Waals surface area contributed by atoms with Crippen molar-refractivity contribution in [3.05, 3.63) is 68.0 Å². The van der Waals surface area contributed by atoms with Crippen LogP contribution in [0.4, 0.5) is 0 Å². The molecule has 0 aliphatic heterocycles. The Kier molecular flexibility index (Phi) is 6.22. The first-order chi connectivity index (χ1) is 14.4. The predicted octanol–water partition coefficient (Wildman–Crippen LogP) is 2.04. The van der Waals surface area contributed by atoms with E-state index in [1.165, 1.54) is 21.3 Å². The van der Waals surface area contributed by atoms with E-state index in [-0.39, 0.29) is 30.1 Å². The van der Waals surface area contributed by atoms with E-state index in [9.17, 15) is 19.5 Å². The number of carbonyl (C=O) groups excluding carboxylic acids is 1. The number of aromatic amines is 1. The quantitative estimate of drug-likeness (QED) is 0.561. The first kappa shape index (κ1) is 21.1. The van der Waals surface area contributed by atoms with Crippen LogP contribution in [0.5, 0.6) is 11.5 Å². The normalized spacial score (nSPS) is 12.0. The van der Waals surface area contributed by atoms with Crippen molar-refractivity contribution in [2.24, 2.45) is 0 Å². The molecule has 0 saturated heterocycles. The molecule has 0 aliphatic carbocycles. The minimum absolute atomic E-state index is 0.0265. The number of carbonyl (C=O) groups is 1. The minimum atomic E-state index is -1.06. The average Bonchev–Trinajstić information content (AvgIpc) is 2.73. The van der Waals surface area contributed by atoms with Gasteiger partial charge in [0.05, 0.1) is 32.1 Å². The molecule has 1 unspecified atom stereocenters. The monoisotopic (exact) mass is 415 g/mol. The van der Waals surface area contributed by atoms with Gasteiger partial charge in [-0.05, 0) is 23.6 Å². The molecule has 0 saturated carbocycles. The van der Waals surface area contributed by atoms with E-state index in [1.54, 1.807) is 24.3 Å². The average molecular weight is 415 g/mol. The topological polar surface area (TPSA) is 128 Å². The van der Waals surface area contributed by atoms with Crippen molar-refractivity contribution in [2.45, 2.75) is 18.9 Å². The Hall–Kier alpha value is -3.59. The highest BCUT2D eigenvalue weighted by Crippen LogP contribution is 2.33. The molecule has 1 aromatic carbocycles. The lowest BCUT2D eigenvalue weighted by molar-refractivity contribution is -0.140. The smallest absolute Gasteiger partial charge is 0.306 e. The number of fused-ring (bicyclic) bond motifs is 1. The molecule has 0 aliphatic rings. The van der Waals surface area contributed by atoms with Crippen LogP contribution in [0.15, 0.2) is 44.3 Å². The number of hydrogen-bond acceptors (Lipinski definition) is 8. The second kappa shape index (κ2) is 8.83. The number of aromatic nitrogens is 1. The van der Waals surface area contributed by atoms with Gasteiger partial charge in [-0.3, -0.25) is 14.4 Å². The second-order valence-electron chi connectivity index (χ2n) is 6.56. The number of ether oxygens (including phenoxy) is 3. The number of nitrogens with one attached hydrogen (secondary N) is 1. The Morgan fingerprint density at radius 1 is 1.17 bits per heavy atom. The number of pyridine rings is 1. The van der Waals surface area contributed by atoms with Crippen LogP contribution in [0.25, 0.3) is 10.9 Å². The lowest BCUT2D eigenvalue weighted by Gasteiger charge is -2.17. The lowest BCUT2D eigenvalue weighted by atomic mass is 9.92. The van der Waals surface area contributed by atoms with E-state index >= 15 is 0 Å². The Labute approximate surface area is 170 Å². The van der Waals surface area contributed by atoms with Gasteiger partial charge in [0.2, 0.25) is 11.2 Å². The number of esters is 1. The molecule has 30 heavy (non-hydrogen) atoms. The summed E-state index contributed by atoms with van der Waals surface area (Å²) in [6.45, 7) is -0.0265. The summed E-state index contributed by atoms with van der Waals surface area (Å²) in [6.07, 6.45) is -0.325. The van der Waals surface area contributed by atoms with Gasteiger partial charge in [-0.15, -0.1) is 0 Å². The summed E-state index contributed by atoms with van der Waals surface area (Å²) < 4.78 is 20.5. The van der Waals surface area contributed by atoms with Crippen molar-refractivity contribution in [3.63, 3.8) is 0 Å². The maximum absolute atomic E-state index is 12.8. The molecule has 9 heteroatoms.